The van der Waals surface area contributed by atoms with Crippen LogP contribution in [-0.2, 0) is 21.2 Å². The summed E-state index contributed by atoms with van der Waals surface area (Å²) in [5, 5.41) is 11.8. The first-order chi connectivity index (χ1) is 15.3. The average molecular weight is 454 g/mol. The van der Waals surface area contributed by atoms with Crippen molar-refractivity contribution in [3.63, 3.8) is 0 Å². The Balaban J connectivity index is 1.74. The van der Waals surface area contributed by atoms with Crippen LogP contribution in [0, 0.1) is 5.82 Å². The van der Waals surface area contributed by atoms with Gasteiger partial charge in [0.05, 0.1) is 16.1 Å². The maximum atomic E-state index is 13.6. The summed E-state index contributed by atoms with van der Waals surface area (Å²) in [6, 6.07) is 15.9. The van der Waals surface area contributed by atoms with E-state index in [1.54, 1.807) is 24.3 Å². The molecule has 0 fully saturated rings. The number of anilines is 2. The molecule has 0 bridgehead atoms. The van der Waals surface area contributed by atoms with Gasteiger partial charge in [-0.15, -0.1) is 0 Å². The van der Waals surface area contributed by atoms with Gasteiger partial charge in [-0.1, -0.05) is 18.2 Å². The average Bonchev–Trinajstić information content (AvgIpc) is 2.79. The highest BCUT2D eigenvalue weighted by atomic mass is 32.2. The maximum Gasteiger partial charge on any atom is 0.335 e. The number of hydrogen-bond acceptors (Lipinski definition) is 4. The van der Waals surface area contributed by atoms with E-state index >= 15 is 0 Å². The van der Waals surface area contributed by atoms with E-state index in [-0.39, 0.29) is 16.9 Å². The first kappa shape index (κ1) is 21.5. The molecule has 32 heavy (non-hydrogen) atoms. The molecule has 1 heterocycles. The lowest BCUT2D eigenvalue weighted by Gasteiger charge is -2.36. The van der Waals surface area contributed by atoms with Crippen LogP contribution in [0.1, 0.15) is 22.3 Å². The predicted molar refractivity (Wildman–Crippen MR) is 117 cm³/mol. The van der Waals surface area contributed by atoms with Gasteiger partial charge in [0.15, 0.2) is 0 Å². The van der Waals surface area contributed by atoms with Crippen molar-refractivity contribution < 1.29 is 27.5 Å². The highest BCUT2D eigenvalue weighted by Crippen LogP contribution is 2.36. The van der Waals surface area contributed by atoms with Crippen LogP contribution in [0.4, 0.5) is 15.8 Å². The monoisotopic (exact) mass is 454 g/mol. The van der Waals surface area contributed by atoms with Gasteiger partial charge in [-0.3, -0.25) is 9.10 Å². The minimum absolute atomic E-state index is 0.0476. The van der Waals surface area contributed by atoms with Crippen LogP contribution in [0.2, 0.25) is 0 Å². The molecule has 0 spiro atoms. The Kier molecular flexibility index (Phi) is 5.67. The Bertz CT molecular complexity index is 1270. The zero-order chi connectivity index (χ0) is 22.9. The Hall–Kier alpha value is -3.72. The fourth-order valence-corrected chi connectivity index (χ4v) is 5.37. The standard InChI is InChI=1S/C23H19FN2O5S/c24-17-8-10-18(11-9-17)25-22(27)21-14-7-15-3-1-2-4-20(15)26(21)32(30,31)19-12-5-16(6-13-19)23(28)29/h1-6,8-13,21H,7,14H2,(H,25,27)(H,28,29). The van der Waals surface area contributed by atoms with Gasteiger partial charge < -0.3 is 10.4 Å². The molecule has 7 nitrogen and oxygen atoms in total. The summed E-state index contributed by atoms with van der Waals surface area (Å²) in [6.45, 7) is 0. The SMILES string of the molecule is O=C(O)c1ccc(S(=O)(=O)N2c3ccccc3CCC2C(=O)Nc2ccc(F)cc2)cc1. The summed E-state index contributed by atoms with van der Waals surface area (Å²) in [5.74, 6) is -2.17. The first-order valence-corrected chi connectivity index (χ1v) is 11.2. The molecule has 3 aromatic rings. The molecule has 1 atom stereocenters. The number of fused-ring (bicyclic) bond motifs is 1. The molecule has 0 aliphatic carbocycles. The van der Waals surface area contributed by atoms with Gasteiger partial charge in [0.25, 0.3) is 10.0 Å². The summed E-state index contributed by atoms with van der Waals surface area (Å²) in [4.78, 5) is 24.1. The second-order valence-corrected chi connectivity index (χ2v) is 9.12. The topological polar surface area (TPSA) is 104 Å². The number of nitrogens with one attached hydrogen (secondary N) is 1. The lowest BCUT2D eigenvalue weighted by atomic mass is 9.97. The fraction of sp³-hybridized carbons (Fsp3) is 0.130. The van der Waals surface area contributed by atoms with Crippen molar-refractivity contribution in [1.29, 1.82) is 0 Å². The summed E-state index contributed by atoms with van der Waals surface area (Å²) in [6.07, 6.45) is 0.748. The molecule has 0 aromatic heterocycles. The number of para-hydroxylation sites is 1. The second-order valence-electron chi connectivity index (χ2n) is 7.31. The molecule has 0 radical (unpaired) electrons. The van der Waals surface area contributed by atoms with Crippen LogP contribution in [0.3, 0.4) is 0 Å². The van der Waals surface area contributed by atoms with Crippen molar-refractivity contribution in [2.24, 2.45) is 0 Å². The number of nitrogens with zero attached hydrogens (tertiary/aromatic N) is 1. The van der Waals surface area contributed by atoms with E-state index in [2.05, 4.69) is 5.32 Å². The number of hydrogen-bond donors (Lipinski definition) is 2. The number of amides is 1. The molecule has 4 rings (SSSR count). The Morgan fingerprint density at radius 2 is 1.62 bits per heavy atom. The molecule has 9 heteroatoms. The Morgan fingerprint density at radius 1 is 0.969 bits per heavy atom. The molecular weight excluding hydrogens is 435 g/mol. The van der Waals surface area contributed by atoms with E-state index in [0.717, 1.165) is 9.87 Å². The lowest BCUT2D eigenvalue weighted by molar-refractivity contribution is -0.117. The van der Waals surface area contributed by atoms with Crippen molar-refractivity contribution in [2.45, 2.75) is 23.8 Å². The molecule has 0 saturated heterocycles. The van der Waals surface area contributed by atoms with Crippen LogP contribution in [0.15, 0.2) is 77.7 Å². The number of benzene rings is 3. The van der Waals surface area contributed by atoms with E-state index in [0.29, 0.717) is 17.8 Å². The summed E-state index contributed by atoms with van der Waals surface area (Å²) >= 11 is 0. The van der Waals surface area contributed by atoms with Crippen LogP contribution in [-0.4, -0.2) is 31.4 Å². The van der Waals surface area contributed by atoms with Crippen molar-refractivity contribution in [3.05, 3.63) is 89.7 Å². The third kappa shape index (κ3) is 4.06. The number of halogens is 1. The van der Waals surface area contributed by atoms with E-state index < -0.39 is 33.8 Å². The number of carboxylic acid groups (broad SMARTS) is 1. The van der Waals surface area contributed by atoms with Gasteiger partial charge in [0.2, 0.25) is 5.91 Å². The molecule has 0 saturated carbocycles. The number of aryl methyl sites for hydroxylation is 1. The predicted octanol–water partition coefficient (Wildman–Crippen LogP) is 3.67. The lowest BCUT2D eigenvalue weighted by Crippen LogP contribution is -2.50. The molecule has 3 aromatic carbocycles. The molecule has 164 valence electrons. The largest absolute Gasteiger partial charge is 0.478 e. The van der Waals surface area contributed by atoms with Crippen molar-refractivity contribution in [3.8, 4) is 0 Å². The molecule has 1 aliphatic heterocycles. The number of carbonyl (C=O) groups excluding carboxylic acids is 1. The normalized spacial score (nSPS) is 15.7. The fourth-order valence-electron chi connectivity index (χ4n) is 3.69. The van der Waals surface area contributed by atoms with Gasteiger partial charge in [-0.2, -0.15) is 0 Å². The summed E-state index contributed by atoms with van der Waals surface area (Å²) in [5.41, 5.74) is 1.47. The quantitative estimate of drug-likeness (QED) is 0.612. The van der Waals surface area contributed by atoms with Gasteiger partial charge in [0.1, 0.15) is 11.9 Å². The number of carbonyl (C=O) groups is 2. The highest BCUT2D eigenvalue weighted by molar-refractivity contribution is 7.93. The molecule has 2 N–H and O–H groups in total. The van der Waals surface area contributed by atoms with E-state index in [4.69, 9.17) is 5.11 Å². The highest BCUT2D eigenvalue weighted by Gasteiger charge is 2.39. The molecule has 1 amide bonds. The van der Waals surface area contributed by atoms with E-state index in [1.165, 1.54) is 48.5 Å². The van der Waals surface area contributed by atoms with E-state index in [9.17, 15) is 22.4 Å². The van der Waals surface area contributed by atoms with Crippen LogP contribution < -0.4 is 9.62 Å². The van der Waals surface area contributed by atoms with Crippen LogP contribution in [0.25, 0.3) is 0 Å². The molecular formula is C23H19FN2O5S. The summed E-state index contributed by atoms with van der Waals surface area (Å²) < 4.78 is 41.5. The number of carboxylic acids is 1. The summed E-state index contributed by atoms with van der Waals surface area (Å²) in [7, 11) is -4.19. The third-order valence-corrected chi connectivity index (χ3v) is 7.11. The van der Waals surface area contributed by atoms with Crippen molar-refractivity contribution in [1.82, 2.24) is 0 Å². The van der Waals surface area contributed by atoms with Gasteiger partial charge in [-0.05, 0) is 73.0 Å². The number of sulfonamides is 1. The van der Waals surface area contributed by atoms with Gasteiger partial charge in [0, 0.05) is 5.69 Å². The molecule has 1 unspecified atom stereocenters. The smallest absolute Gasteiger partial charge is 0.335 e. The Labute approximate surface area is 184 Å². The Morgan fingerprint density at radius 3 is 2.28 bits per heavy atom. The van der Waals surface area contributed by atoms with Gasteiger partial charge in [-0.25, -0.2) is 17.6 Å². The zero-order valence-electron chi connectivity index (χ0n) is 16.7. The van der Waals surface area contributed by atoms with Gasteiger partial charge >= 0.3 is 5.97 Å². The number of rotatable bonds is 5. The number of aromatic carboxylic acids is 1. The second kappa shape index (κ2) is 8.43. The minimum Gasteiger partial charge on any atom is -0.478 e. The molecule has 1 aliphatic rings. The minimum atomic E-state index is -4.19. The first-order valence-electron chi connectivity index (χ1n) is 9.79. The van der Waals surface area contributed by atoms with E-state index in [1.807, 2.05) is 0 Å². The zero-order valence-corrected chi connectivity index (χ0v) is 17.5. The third-order valence-electron chi connectivity index (χ3n) is 5.27. The van der Waals surface area contributed by atoms with Crippen molar-refractivity contribution >= 4 is 33.3 Å². The maximum absolute atomic E-state index is 13.6. The van der Waals surface area contributed by atoms with Crippen LogP contribution >= 0.6 is 0 Å². The van der Waals surface area contributed by atoms with Crippen molar-refractivity contribution in [2.75, 3.05) is 9.62 Å². The van der Waals surface area contributed by atoms with Crippen LogP contribution in [0.5, 0.6) is 0 Å².